The van der Waals surface area contributed by atoms with E-state index in [0.717, 1.165) is 0 Å². The highest BCUT2D eigenvalue weighted by molar-refractivity contribution is 7.89. The van der Waals surface area contributed by atoms with Gasteiger partial charge in [0.05, 0.1) is 22.9 Å². The Hall–Kier alpha value is -2.08. The van der Waals surface area contributed by atoms with E-state index < -0.39 is 10.0 Å². The van der Waals surface area contributed by atoms with Crippen molar-refractivity contribution in [3.05, 3.63) is 35.5 Å². The number of carbonyl (C=O) groups is 1. The molecule has 3 heterocycles. The van der Waals surface area contributed by atoms with Crippen molar-refractivity contribution in [2.75, 3.05) is 45.6 Å². The van der Waals surface area contributed by atoms with Crippen LogP contribution in [0.25, 0.3) is 5.82 Å². The molecule has 0 radical (unpaired) electrons. The SMILES string of the molecule is COCCS(=O)(=O)N1CCN(C(=O)c2cnc(-n3cnnc3)c(Cl)c2)CC1. The van der Waals surface area contributed by atoms with Gasteiger partial charge in [-0.3, -0.25) is 9.36 Å². The van der Waals surface area contributed by atoms with Crippen LogP contribution in [0.1, 0.15) is 10.4 Å². The number of aromatic nitrogens is 4. The second-order valence-electron chi connectivity index (χ2n) is 5.90. The number of amides is 1. The summed E-state index contributed by atoms with van der Waals surface area (Å²) in [5.74, 6) is 0.113. The maximum absolute atomic E-state index is 12.7. The largest absolute Gasteiger partial charge is 0.384 e. The minimum absolute atomic E-state index is 0.0679. The molecular formula is C15H19ClN6O4S. The zero-order valence-electron chi connectivity index (χ0n) is 14.7. The second kappa shape index (κ2) is 8.30. The molecule has 0 atom stereocenters. The van der Waals surface area contributed by atoms with Gasteiger partial charge in [-0.2, -0.15) is 4.31 Å². The van der Waals surface area contributed by atoms with Gasteiger partial charge in [0, 0.05) is 39.5 Å². The molecule has 12 heteroatoms. The number of methoxy groups -OCH3 is 1. The number of sulfonamides is 1. The van der Waals surface area contributed by atoms with Crippen LogP contribution >= 0.6 is 11.6 Å². The molecule has 1 fully saturated rings. The summed E-state index contributed by atoms with van der Waals surface area (Å²) in [6.07, 6.45) is 4.35. The molecule has 1 aliphatic rings. The highest BCUT2D eigenvalue weighted by atomic mass is 35.5. The predicted octanol–water partition coefficient (Wildman–Crippen LogP) is 0.0497. The van der Waals surface area contributed by atoms with E-state index in [1.54, 1.807) is 9.47 Å². The molecule has 0 spiro atoms. The Kier molecular flexibility index (Phi) is 6.05. The predicted molar refractivity (Wildman–Crippen MR) is 97.3 cm³/mol. The number of hydrogen-bond acceptors (Lipinski definition) is 7. The van der Waals surface area contributed by atoms with Gasteiger partial charge < -0.3 is 9.64 Å². The monoisotopic (exact) mass is 414 g/mol. The van der Waals surface area contributed by atoms with Gasteiger partial charge in [0.2, 0.25) is 10.0 Å². The van der Waals surface area contributed by atoms with Crippen LogP contribution in [0.5, 0.6) is 0 Å². The van der Waals surface area contributed by atoms with Crippen molar-refractivity contribution < 1.29 is 17.9 Å². The van der Waals surface area contributed by atoms with Crippen LogP contribution in [0.15, 0.2) is 24.9 Å². The summed E-state index contributed by atoms with van der Waals surface area (Å²) in [7, 11) is -1.92. The van der Waals surface area contributed by atoms with Crippen molar-refractivity contribution in [3.63, 3.8) is 0 Å². The maximum Gasteiger partial charge on any atom is 0.255 e. The molecule has 10 nitrogen and oxygen atoms in total. The van der Waals surface area contributed by atoms with Gasteiger partial charge in [-0.1, -0.05) is 11.6 Å². The molecule has 1 aliphatic heterocycles. The van der Waals surface area contributed by atoms with E-state index in [1.165, 1.54) is 36.3 Å². The van der Waals surface area contributed by atoms with Crippen molar-refractivity contribution in [2.24, 2.45) is 0 Å². The Labute approximate surface area is 161 Å². The van der Waals surface area contributed by atoms with E-state index in [1.807, 2.05) is 0 Å². The third-order valence-electron chi connectivity index (χ3n) is 4.20. The first-order valence-corrected chi connectivity index (χ1v) is 10.2. The van der Waals surface area contributed by atoms with Crippen molar-refractivity contribution in [2.45, 2.75) is 0 Å². The molecule has 3 rings (SSSR count). The Bertz CT molecular complexity index is 897. The van der Waals surface area contributed by atoms with E-state index in [2.05, 4.69) is 15.2 Å². The van der Waals surface area contributed by atoms with Crippen molar-refractivity contribution in [3.8, 4) is 5.82 Å². The molecule has 27 heavy (non-hydrogen) atoms. The molecular weight excluding hydrogens is 396 g/mol. The summed E-state index contributed by atoms with van der Waals surface area (Å²) in [6.45, 7) is 1.24. The van der Waals surface area contributed by atoms with Crippen LogP contribution in [-0.2, 0) is 14.8 Å². The highest BCUT2D eigenvalue weighted by Gasteiger charge is 2.29. The average Bonchev–Trinajstić information content (AvgIpc) is 3.20. The van der Waals surface area contributed by atoms with Gasteiger partial charge >= 0.3 is 0 Å². The van der Waals surface area contributed by atoms with Crippen LogP contribution in [0, 0.1) is 0 Å². The van der Waals surface area contributed by atoms with Crippen molar-refractivity contribution in [1.82, 2.24) is 29.0 Å². The molecule has 0 N–H and O–H groups in total. The fraction of sp³-hybridized carbons (Fsp3) is 0.467. The number of nitrogens with zero attached hydrogens (tertiary/aromatic N) is 6. The normalized spacial score (nSPS) is 15.9. The zero-order valence-corrected chi connectivity index (χ0v) is 16.2. The Morgan fingerprint density at radius 1 is 1.22 bits per heavy atom. The summed E-state index contributed by atoms with van der Waals surface area (Å²) in [5, 5.41) is 7.68. The van der Waals surface area contributed by atoms with Crippen LogP contribution < -0.4 is 0 Å². The van der Waals surface area contributed by atoms with E-state index in [-0.39, 0.29) is 31.4 Å². The summed E-state index contributed by atoms with van der Waals surface area (Å²) < 4.78 is 32.1. The minimum Gasteiger partial charge on any atom is -0.384 e. The van der Waals surface area contributed by atoms with Crippen LogP contribution in [0.4, 0.5) is 0 Å². The number of rotatable bonds is 6. The number of halogens is 1. The lowest BCUT2D eigenvalue weighted by molar-refractivity contribution is 0.0697. The standard InChI is InChI=1S/C15H19ClN6O4S/c1-26-6-7-27(24,25)22-4-2-20(3-5-22)15(23)12-8-13(16)14(17-9-12)21-10-18-19-11-21/h8-11H,2-7H2,1H3. The lowest BCUT2D eigenvalue weighted by Gasteiger charge is -2.34. The van der Waals surface area contributed by atoms with Crippen LogP contribution in [0.2, 0.25) is 5.02 Å². The molecule has 0 aromatic carbocycles. The third-order valence-corrected chi connectivity index (χ3v) is 6.31. The number of pyridine rings is 1. The first kappa shape index (κ1) is 19.7. The fourth-order valence-electron chi connectivity index (χ4n) is 2.72. The first-order valence-electron chi connectivity index (χ1n) is 8.19. The summed E-state index contributed by atoms with van der Waals surface area (Å²) in [6, 6.07) is 1.54. The number of carbonyl (C=O) groups excluding carboxylic acids is 1. The number of ether oxygens (including phenoxy) is 1. The lowest BCUT2D eigenvalue weighted by atomic mass is 10.2. The quantitative estimate of drug-likeness (QED) is 0.656. The molecule has 0 bridgehead atoms. The van der Waals surface area contributed by atoms with Gasteiger partial charge in [-0.05, 0) is 6.07 Å². The highest BCUT2D eigenvalue weighted by Crippen LogP contribution is 2.20. The number of hydrogen-bond donors (Lipinski definition) is 0. The average molecular weight is 415 g/mol. The van der Waals surface area contributed by atoms with Crippen molar-refractivity contribution >= 4 is 27.5 Å². The molecule has 0 aliphatic carbocycles. The van der Waals surface area contributed by atoms with E-state index in [4.69, 9.17) is 16.3 Å². The van der Waals surface area contributed by atoms with Gasteiger partial charge in [0.25, 0.3) is 5.91 Å². The first-order chi connectivity index (χ1) is 12.9. The van der Waals surface area contributed by atoms with E-state index >= 15 is 0 Å². The molecule has 0 unspecified atom stereocenters. The second-order valence-corrected chi connectivity index (χ2v) is 8.39. The lowest BCUT2D eigenvalue weighted by Crippen LogP contribution is -2.51. The fourth-order valence-corrected chi connectivity index (χ4v) is 4.34. The molecule has 2 aromatic heterocycles. The smallest absolute Gasteiger partial charge is 0.255 e. The van der Waals surface area contributed by atoms with Gasteiger partial charge in [0.15, 0.2) is 5.82 Å². The van der Waals surface area contributed by atoms with Gasteiger partial charge in [0.1, 0.15) is 12.7 Å². The zero-order chi connectivity index (χ0) is 19.4. The maximum atomic E-state index is 12.7. The molecule has 0 saturated carbocycles. The number of piperazine rings is 1. The van der Waals surface area contributed by atoms with Crippen LogP contribution in [0.3, 0.4) is 0 Å². The molecule has 1 amide bonds. The summed E-state index contributed by atoms with van der Waals surface area (Å²) in [4.78, 5) is 18.5. The van der Waals surface area contributed by atoms with E-state index in [0.29, 0.717) is 29.5 Å². The molecule has 2 aromatic rings. The minimum atomic E-state index is -3.37. The molecule has 146 valence electrons. The topological polar surface area (TPSA) is 111 Å². The van der Waals surface area contributed by atoms with Crippen molar-refractivity contribution in [1.29, 1.82) is 0 Å². The Morgan fingerprint density at radius 2 is 1.89 bits per heavy atom. The molecule has 1 saturated heterocycles. The summed E-state index contributed by atoms with van der Waals surface area (Å²) >= 11 is 6.23. The van der Waals surface area contributed by atoms with Crippen LogP contribution in [-0.4, -0.2) is 88.9 Å². The summed E-state index contributed by atoms with van der Waals surface area (Å²) in [5.41, 5.74) is 0.340. The van der Waals surface area contributed by atoms with E-state index in [9.17, 15) is 13.2 Å². The van der Waals surface area contributed by atoms with Gasteiger partial charge in [-0.25, -0.2) is 13.4 Å². The third kappa shape index (κ3) is 4.43. The Balaban J connectivity index is 1.65. The Morgan fingerprint density at radius 3 is 2.48 bits per heavy atom. The van der Waals surface area contributed by atoms with Gasteiger partial charge in [-0.15, -0.1) is 10.2 Å².